The molecular formula is C16H30. The number of hydrogen-bond acceptors (Lipinski definition) is 0. The van der Waals surface area contributed by atoms with E-state index in [9.17, 15) is 0 Å². The summed E-state index contributed by atoms with van der Waals surface area (Å²) in [6.07, 6.45) is 0. The number of rotatable bonds is 0. The Labute approximate surface area is 103 Å². The molecule has 0 bridgehead atoms. The van der Waals surface area contributed by atoms with Crippen molar-refractivity contribution in [3.8, 4) is 0 Å². The molecule has 0 heteroatoms. The molecule has 0 unspecified atom stereocenters. The van der Waals surface area contributed by atoms with Crippen LogP contribution in [0.25, 0.3) is 0 Å². The van der Waals surface area contributed by atoms with E-state index in [-0.39, 0.29) is 12.8 Å². The molecule has 16 heavy (non-hydrogen) atoms. The van der Waals surface area contributed by atoms with Gasteiger partial charge in [-0.1, -0.05) is 78.8 Å². The third kappa shape index (κ3) is 8.52. The zero-order valence-corrected chi connectivity index (χ0v) is 11.4. The lowest BCUT2D eigenvalue weighted by molar-refractivity contribution is 0.590. The molecule has 0 aliphatic heterocycles. The van der Waals surface area contributed by atoms with Crippen LogP contribution in [0.15, 0.2) is 24.3 Å². The highest BCUT2D eigenvalue weighted by molar-refractivity contribution is 5.26. The quantitative estimate of drug-likeness (QED) is 0.536. The van der Waals surface area contributed by atoms with Crippen LogP contribution in [0.2, 0.25) is 0 Å². The van der Waals surface area contributed by atoms with Gasteiger partial charge in [0.1, 0.15) is 0 Å². The third-order valence-electron chi connectivity index (χ3n) is 1.92. The fourth-order valence-corrected chi connectivity index (χ4v) is 1.05. The number of aryl methyl sites for hydroxylation is 1. The molecule has 0 spiro atoms. The van der Waals surface area contributed by atoms with Crippen molar-refractivity contribution in [3.05, 3.63) is 35.4 Å². The third-order valence-corrected chi connectivity index (χ3v) is 1.92. The van der Waals surface area contributed by atoms with Crippen molar-refractivity contribution in [2.24, 2.45) is 5.92 Å². The Bertz CT molecular complexity index is 256. The Balaban J connectivity index is 0. The second kappa shape index (κ2) is 7.49. The van der Waals surface area contributed by atoms with E-state index in [1.54, 1.807) is 0 Å². The van der Waals surface area contributed by atoms with Crippen LogP contribution in [-0.4, -0.2) is 0 Å². The minimum absolute atomic E-state index is 0. The van der Waals surface area contributed by atoms with E-state index in [1.165, 1.54) is 11.1 Å². The van der Waals surface area contributed by atoms with Gasteiger partial charge in [-0.3, -0.25) is 0 Å². The van der Waals surface area contributed by atoms with Gasteiger partial charge in [0, 0.05) is 0 Å². The summed E-state index contributed by atoms with van der Waals surface area (Å²) in [7, 11) is 0. The molecule has 0 nitrogen and oxygen atoms in total. The molecule has 0 saturated heterocycles. The second-order valence-corrected chi connectivity index (χ2v) is 5.85. The molecule has 1 aromatic carbocycles. The summed E-state index contributed by atoms with van der Waals surface area (Å²) in [6, 6.07) is 8.74. The summed E-state index contributed by atoms with van der Waals surface area (Å²) in [4.78, 5) is 0. The predicted molar refractivity (Wildman–Crippen MR) is 77.1 cm³/mol. The van der Waals surface area contributed by atoms with Crippen molar-refractivity contribution in [3.63, 3.8) is 0 Å². The lowest BCUT2D eigenvalue weighted by Gasteiger charge is -2.18. The minimum atomic E-state index is 0. The topological polar surface area (TPSA) is 0 Å². The highest BCUT2D eigenvalue weighted by Gasteiger charge is 2.11. The van der Waals surface area contributed by atoms with Crippen molar-refractivity contribution in [1.29, 1.82) is 0 Å². The molecule has 0 atom stereocenters. The molecule has 0 saturated carbocycles. The SMILES string of the molecule is C.CC(C)C.Cc1ccc(C(C)(C)C)cc1. The zero-order chi connectivity index (χ0) is 12.1. The van der Waals surface area contributed by atoms with Crippen LogP contribution in [0, 0.1) is 12.8 Å². The van der Waals surface area contributed by atoms with E-state index in [4.69, 9.17) is 0 Å². The molecule has 1 aromatic rings. The maximum Gasteiger partial charge on any atom is -0.0132 e. The smallest absolute Gasteiger partial charge is 0.0132 e. The molecule has 0 heterocycles. The zero-order valence-electron chi connectivity index (χ0n) is 11.4. The molecule has 0 aliphatic carbocycles. The van der Waals surface area contributed by atoms with Crippen molar-refractivity contribution in [2.75, 3.05) is 0 Å². The molecule has 0 radical (unpaired) electrons. The van der Waals surface area contributed by atoms with Crippen LogP contribution in [0.3, 0.4) is 0 Å². The molecular weight excluding hydrogens is 192 g/mol. The van der Waals surface area contributed by atoms with Gasteiger partial charge in [0.2, 0.25) is 0 Å². The van der Waals surface area contributed by atoms with Gasteiger partial charge in [-0.25, -0.2) is 0 Å². The minimum Gasteiger partial charge on any atom is -0.0776 e. The lowest BCUT2D eigenvalue weighted by Crippen LogP contribution is -2.10. The normalized spacial score (nSPS) is 10.2. The van der Waals surface area contributed by atoms with Gasteiger partial charge in [0.05, 0.1) is 0 Å². The summed E-state index contributed by atoms with van der Waals surface area (Å²) in [5, 5.41) is 0. The Morgan fingerprint density at radius 1 is 0.875 bits per heavy atom. The Kier molecular flexibility index (Phi) is 8.24. The fourth-order valence-electron chi connectivity index (χ4n) is 1.05. The van der Waals surface area contributed by atoms with E-state index in [2.05, 4.69) is 72.7 Å². The highest BCUT2D eigenvalue weighted by atomic mass is 14.2. The molecule has 1 rings (SSSR count). The Morgan fingerprint density at radius 2 is 1.19 bits per heavy atom. The molecule has 0 fully saturated rings. The summed E-state index contributed by atoms with van der Waals surface area (Å²) < 4.78 is 0. The van der Waals surface area contributed by atoms with Gasteiger partial charge >= 0.3 is 0 Å². The van der Waals surface area contributed by atoms with Gasteiger partial charge in [-0.2, -0.15) is 0 Å². The Hall–Kier alpha value is -0.780. The molecule has 0 N–H and O–H groups in total. The van der Waals surface area contributed by atoms with E-state index < -0.39 is 0 Å². The van der Waals surface area contributed by atoms with Crippen molar-refractivity contribution >= 4 is 0 Å². The maximum atomic E-state index is 2.23. The Morgan fingerprint density at radius 3 is 1.44 bits per heavy atom. The summed E-state index contributed by atoms with van der Waals surface area (Å²) >= 11 is 0. The van der Waals surface area contributed by atoms with E-state index in [1.807, 2.05) is 0 Å². The number of benzene rings is 1. The van der Waals surface area contributed by atoms with Gasteiger partial charge in [-0.05, 0) is 23.8 Å². The first kappa shape index (κ1) is 17.6. The fraction of sp³-hybridized carbons (Fsp3) is 0.625. The van der Waals surface area contributed by atoms with Gasteiger partial charge < -0.3 is 0 Å². The first-order chi connectivity index (χ1) is 6.73. The van der Waals surface area contributed by atoms with Gasteiger partial charge in [0.15, 0.2) is 0 Å². The molecule has 0 aromatic heterocycles. The van der Waals surface area contributed by atoms with Gasteiger partial charge in [-0.15, -0.1) is 0 Å². The van der Waals surface area contributed by atoms with Crippen LogP contribution in [0.4, 0.5) is 0 Å². The highest BCUT2D eigenvalue weighted by Crippen LogP contribution is 2.21. The first-order valence-electron chi connectivity index (χ1n) is 5.80. The average molecular weight is 222 g/mol. The van der Waals surface area contributed by atoms with Crippen LogP contribution < -0.4 is 0 Å². The summed E-state index contributed by atoms with van der Waals surface area (Å²) in [5.41, 5.74) is 3.02. The van der Waals surface area contributed by atoms with E-state index in [0.29, 0.717) is 0 Å². The van der Waals surface area contributed by atoms with Crippen LogP contribution in [0.5, 0.6) is 0 Å². The van der Waals surface area contributed by atoms with Gasteiger partial charge in [0.25, 0.3) is 0 Å². The van der Waals surface area contributed by atoms with E-state index in [0.717, 1.165) is 5.92 Å². The van der Waals surface area contributed by atoms with Crippen LogP contribution in [0.1, 0.15) is 60.1 Å². The monoisotopic (exact) mass is 222 g/mol. The second-order valence-electron chi connectivity index (χ2n) is 5.85. The van der Waals surface area contributed by atoms with Crippen molar-refractivity contribution in [2.45, 2.75) is 61.3 Å². The van der Waals surface area contributed by atoms with Crippen LogP contribution >= 0.6 is 0 Å². The average Bonchev–Trinajstić information content (AvgIpc) is 2.01. The maximum absolute atomic E-state index is 2.23. The summed E-state index contributed by atoms with van der Waals surface area (Å²) in [5.74, 6) is 0.833. The lowest BCUT2D eigenvalue weighted by atomic mass is 9.87. The first-order valence-corrected chi connectivity index (χ1v) is 5.80. The van der Waals surface area contributed by atoms with E-state index >= 15 is 0 Å². The standard InChI is InChI=1S/C11H16.C4H10.CH4/c1-9-5-7-10(8-6-9)11(2,3)4;1-4(2)3;/h5-8H,1-4H3;4H,1-3H3;1H4. The molecule has 0 aliphatic rings. The molecule has 0 amide bonds. The van der Waals surface area contributed by atoms with Crippen molar-refractivity contribution < 1.29 is 0 Å². The number of hydrogen-bond donors (Lipinski definition) is 0. The van der Waals surface area contributed by atoms with Crippen molar-refractivity contribution in [1.82, 2.24) is 0 Å². The molecule has 94 valence electrons. The van der Waals surface area contributed by atoms with Crippen LogP contribution in [-0.2, 0) is 5.41 Å². The predicted octanol–water partition coefficient (Wildman–Crippen LogP) is 5.59. The largest absolute Gasteiger partial charge is 0.0776 e. The summed E-state index contributed by atoms with van der Waals surface area (Å²) in [6.45, 7) is 15.3.